The van der Waals surface area contributed by atoms with Gasteiger partial charge in [-0.3, -0.25) is 9.36 Å². The topological polar surface area (TPSA) is 68.0 Å². The zero-order valence-corrected chi connectivity index (χ0v) is 15.6. The zero-order valence-electron chi connectivity index (χ0n) is 15.6. The Labute approximate surface area is 149 Å². The molecule has 1 saturated heterocycles. The van der Waals surface area contributed by atoms with Crippen LogP contribution >= 0.6 is 0 Å². The van der Waals surface area contributed by atoms with Gasteiger partial charge < -0.3 is 10.2 Å². The first kappa shape index (κ1) is 17.5. The van der Waals surface area contributed by atoms with Gasteiger partial charge in [-0.15, -0.1) is 0 Å². The van der Waals surface area contributed by atoms with E-state index in [1.54, 1.807) is 0 Å². The molecule has 0 atom stereocenters. The SMILES string of the molecule is Cc1cnn(C2CCN(C(=O)NCCc3c(C)nn(C)c3C)CC2)c1. The van der Waals surface area contributed by atoms with Crippen LogP contribution in [0.15, 0.2) is 12.4 Å². The third-order valence-corrected chi connectivity index (χ3v) is 5.17. The molecular formula is C18H28N6O. The summed E-state index contributed by atoms with van der Waals surface area (Å²) in [7, 11) is 1.95. The molecule has 0 aromatic carbocycles. The Morgan fingerprint density at radius 2 is 2.00 bits per heavy atom. The van der Waals surface area contributed by atoms with Crippen LogP contribution in [0.5, 0.6) is 0 Å². The van der Waals surface area contributed by atoms with Gasteiger partial charge in [0.05, 0.1) is 17.9 Å². The Morgan fingerprint density at radius 1 is 1.28 bits per heavy atom. The first-order valence-electron chi connectivity index (χ1n) is 8.98. The highest BCUT2D eigenvalue weighted by molar-refractivity contribution is 5.74. The standard InChI is InChI=1S/C18H28N6O/c1-13-11-20-24(12-13)16-6-9-23(10-7-16)18(25)19-8-5-17-14(2)21-22(4)15(17)3/h11-12,16H,5-10H2,1-4H3,(H,19,25). The molecule has 0 spiro atoms. The molecular weight excluding hydrogens is 316 g/mol. The van der Waals surface area contributed by atoms with Crippen LogP contribution in [0.4, 0.5) is 4.79 Å². The summed E-state index contributed by atoms with van der Waals surface area (Å²) in [5.74, 6) is 0. The first-order chi connectivity index (χ1) is 12.0. The van der Waals surface area contributed by atoms with Crippen LogP contribution < -0.4 is 5.32 Å². The number of likely N-dealkylation sites (tertiary alicyclic amines) is 1. The van der Waals surface area contributed by atoms with Crippen LogP contribution in [-0.4, -0.2) is 50.1 Å². The summed E-state index contributed by atoms with van der Waals surface area (Å²) in [6.45, 7) is 8.34. The second kappa shape index (κ2) is 7.29. The number of aryl methyl sites for hydroxylation is 3. The fraction of sp³-hybridized carbons (Fsp3) is 0.611. The second-order valence-corrected chi connectivity index (χ2v) is 6.97. The molecule has 1 aliphatic heterocycles. The smallest absolute Gasteiger partial charge is 0.317 e. The number of nitrogens with one attached hydrogen (secondary N) is 1. The third kappa shape index (κ3) is 3.86. The molecule has 7 heteroatoms. The minimum absolute atomic E-state index is 0.0364. The number of rotatable bonds is 4. The van der Waals surface area contributed by atoms with Gasteiger partial charge in [-0.1, -0.05) is 0 Å². The van der Waals surface area contributed by atoms with E-state index in [1.807, 2.05) is 34.4 Å². The summed E-state index contributed by atoms with van der Waals surface area (Å²) < 4.78 is 3.94. The van der Waals surface area contributed by atoms with Crippen molar-refractivity contribution >= 4 is 6.03 Å². The lowest BCUT2D eigenvalue weighted by atomic mass is 10.1. The molecule has 0 aliphatic carbocycles. The molecule has 1 fully saturated rings. The monoisotopic (exact) mass is 344 g/mol. The van der Waals surface area contributed by atoms with E-state index in [9.17, 15) is 4.79 Å². The van der Waals surface area contributed by atoms with Gasteiger partial charge in [0.15, 0.2) is 0 Å². The van der Waals surface area contributed by atoms with Gasteiger partial charge in [-0.2, -0.15) is 10.2 Å². The molecule has 25 heavy (non-hydrogen) atoms. The summed E-state index contributed by atoms with van der Waals surface area (Å²) in [6.07, 6.45) is 6.70. The lowest BCUT2D eigenvalue weighted by molar-refractivity contribution is 0.169. The average Bonchev–Trinajstić information content (AvgIpc) is 3.13. The summed E-state index contributed by atoms with van der Waals surface area (Å²) in [5, 5.41) is 11.9. The molecule has 0 unspecified atom stereocenters. The molecule has 3 heterocycles. The van der Waals surface area contributed by atoms with Crippen LogP contribution in [0.2, 0.25) is 0 Å². The molecule has 2 amide bonds. The molecule has 136 valence electrons. The molecule has 0 saturated carbocycles. The van der Waals surface area contributed by atoms with Gasteiger partial charge in [-0.05, 0) is 51.2 Å². The largest absolute Gasteiger partial charge is 0.338 e. The van der Waals surface area contributed by atoms with Crippen LogP contribution in [-0.2, 0) is 13.5 Å². The van der Waals surface area contributed by atoms with Crippen molar-refractivity contribution in [2.75, 3.05) is 19.6 Å². The molecule has 1 aliphatic rings. The molecule has 7 nitrogen and oxygen atoms in total. The lowest BCUT2D eigenvalue weighted by Crippen LogP contribution is -2.45. The number of urea groups is 1. The summed E-state index contributed by atoms with van der Waals surface area (Å²) in [4.78, 5) is 14.3. The number of carbonyl (C=O) groups is 1. The van der Waals surface area contributed by atoms with E-state index < -0.39 is 0 Å². The van der Waals surface area contributed by atoms with Crippen LogP contribution in [0, 0.1) is 20.8 Å². The van der Waals surface area contributed by atoms with Crippen molar-refractivity contribution in [1.29, 1.82) is 0 Å². The fourth-order valence-corrected chi connectivity index (χ4v) is 3.55. The van der Waals surface area contributed by atoms with Gasteiger partial charge in [0, 0.05) is 38.6 Å². The van der Waals surface area contributed by atoms with E-state index >= 15 is 0 Å². The van der Waals surface area contributed by atoms with Crippen LogP contribution in [0.1, 0.15) is 41.4 Å². The number of piperidine rings is 1. The van der Waals surface area contributed by atoms with Crippen molar-refractivity contribution in [3.05, 3.63) is 34.9 Å². The van der Waals surface area contributed by atoms with E-state index in [2.05, 4.69) is 35.6 Å². The number of carbonyl (C=O) groups excluding carboxylic acids is 1. The maximum atomic E-state index is 12.4. The third-order valence-electron chi connectivity index (χ3n) is 5.17. The molecule has 3 rings (SSSR count). The molecule has 0 radical (unpaired) electrons. The van der Waals surface area contributed by atoms with E-state index in [4.69, 9.17) is 0 Å². The minimum Gasteiger partial charge on any atom is -0.338 e. The van der Waals surface area contributed by atoms with Gasteiger partial charge in [0.1, 0.15) is 0 Å². The maximum Gasteiger partial charge on any atom is 0.317 e. The van der Waals surface area contributed by atoms with Gasteiger partial charge in [0.2, 0.25) is 0 Å². The number of amides is 2. The van der Waals surface area contributed by atoms with E-state index in [0.29, 0.717) is 12.6 Å². The van der Waals surface area contributed by atoms with E-state index in [0.717, 1.165) is 38.0 Å². The fourth-order valence-electron chi connectivity index (χ4n) is 3.55. The molecule has 2 aromatic rings. The van der Waals surface area contributed by atoms with Crippen LogP contribution in [0.3, 0.4) is 0 Å². The summed E-state index contributed by atoms with van der Waals surface area (Å²) in [5.41, 5.74) is 4.63. The van der Waals surface area contributed by atoms with Crippen LogP contribution in [0.25, 0.3) is 0 Å². The number of hydrogen-bond acceptors (Lipinski definition) is 3. The zero-order chi connectivity index (χ0) is 18.0. The number of hydrogen-bond donors (Lipinski definition) is 1. The van der Waals surface area contributed by atoms with Crippen molar-refractivity contribution in [3.63, 3.8) is 0 Å². The first-order valence-corrected chi connectivity index (χ1v) is 8.98. The van der Waals surface area contributed by atoms with Crippen molar-refractivity contribution in [2.24, 2.45) is 7.05 Å². The highest BCUT2D eigenvalue weighted by atomic mass is 16.2. The Bertz CT molecular complexity index is 739. The second-order valence-electron chi connectivity index (χ2n) is 6.97. The lowest BCUT2D eigenvalue weighted by Gasteiger charge is -2.32. The number of nitrogens with zero attached hydrogens (tertiary/aromatic N) is 5. The normalized spacial score (nSPS) is 15.6. The van der Waals surface area contributed by atoms with Crippen molar-refractivity contribution in [3.8, 4) is 0 Å². The van der Waals surface area contributed by atoms with Gasteiger partial charge >= 0.3 is 6.03 Å². The molecule has 0 bridgehead atoms. The number of aromatic nitrogens is 4. The predicted molar refractivity (Wildman–Crippen MR) is 96.6 cm³/mol. The van der Waals surface area contributed by atoms with Gasteiger partial charge in [-0.25, -0.2) is 4.79 Å². The quantitative estimate of drug-likeness (QED) is 0.924. The molecule has 2 aromatic heterocycles. The van der Waals surface area contributed by atoms with Crippen molar-refractivity contribution in [1.82, 2.24) is 29.8 Å². The van der Waals surface area contributed by atoms with E-state index in [-0.39, 0.29) is 6.03 Å². The van der Waals surface area contributed by atoms with Crippen molar-refractivity contribution in [2.45, 2.75) is 46.1 Å². The highest BCUT2D eigenvalue weighted by Crippen LogP contribution is 2.22. The Balaban J connectivity index is 1.45. The maximum absolute atomic E-state index is 12.4. The minimum atomic E-state index is 0.0364. The predicted octanol–water partition coefficient (Wildman–Crippen LogP) is 2.13. The van der Waals surface area contributed by atoms with Gasteiger partial charge in [0.25, 0.3) is 0 Å². The Hall–Kier alpha value is -2.31. The Kier molecular flexibility index (Phi) is 5.11. The average molecular weight is 344 g/mol. The highest BCUT2D eigenvalue weighted by Gasteiger charge is 2.24. The van der Waals surface area contributed by atoms with E-state index in [1.165, 1.54) is 16.8 Å². The Morgan fingerprint density at radius 3 is 2.56 bits per heavy atom. The summed E-state index contributed by atoms with van der Waals surface area (Å²) in [6, 6.07) is 0.438. The summed E-state index contributed by atoms with van der Waals surface area (Å²) >= 11 is 0. The van der Waals surface area contributed by atoms with Crippen molar-refractivity contribution < 1.29 is 4.79 Å². The molecule has 1 N–H and O–H groups in total.